The van der Waals surface area contributed by atoms with Gasteiger partial charge in [0.05, 0.1) is 51.2 Å². The fourth-order valence-electron chi connectivity index (χ4n) is 4.48. The van der Waals surface area contributed by atoms with Crippen LogP contribution >= 0.6 is 58.6 Å². The van der Waals surface area contributed by atoms with Crippen molar-refractivity contribution in [1.29, 1.82) is 5.26 Å². The van der Waals surface area contributed by atoms with Crippen LogP contribution in [0, 0.1) is 11.3 Å². The molecule has 222 valence electrons. The lowest BCUT2D eigenvalue weighted by Crippen LogP contribution is -2.51. The van der Waals surface area contributed by atoms with Crippen molar-refractivity contribution in [2.45, 2.75) is 38.9 Å². The first-order valence-electron chi connectivity index (χ1n) is 13.4. The molecule has 3 aromatic carbocycles. The van der Waals surface area contributed by atoms with Crippen LogP contribution in [0.3, 0.4) is 0 Å². The molecule has 0 spiro atoms. The van der Waals surface area contributed by atoms with Gasteiger partial charge in [-0.3, -0.25) is 9.69 Å². The van der Waals surface area contributed by atoms with Crippen LogP contribution in [0.15, 0.2) is 73.2 Å². The molecule has 0 saturated heterocycles. The molecule has 0 fully saturated rings. The number of halogens is 4. The molecule has 2 N–H and O–H groups in total. The molecule has 4 rings (SSSR count). The first kappa shape index (κ1) is 32.7. The lowest BCUT2D eigenvalue weighted by Gasteiger charge is -2.32. The summed E-state index contributed by atoms with van der Waals surface area (Å²) in [6.45, 7) is 3.38. The predicted molar refractivity (Wildman–Crippen MR) is 178 cm³/mol. The average Bonchev–Trinajstić information content (AvgIpc) is 3.42. The van der Waals surface area contributed by atoms with Crippen molar-refractivity contribution < 1.29 is 4.79 Å². The van der Waals surface area contributed by atoms with E-state index in [0.29, 0.717) is 57.4 Å². The van der Waals surface area contributed by atoms with Crippen LogP contribution in [-0.4, -0.2) is 38.1 Å². The Kier molecular flexibility index (Phi) is 11.8. The molecule has 1 heterocycles. The highest BCUT2D eigenvalue weighted by Gasteiger charge is 2.28. The number of anilines is 1. The minimum absolute atomic E-state index is 0.0586. The lowest BCUT2D eigenvalue weighted by molar-refractivity contribution is -0.128. The smallest absolute Gasteiger partial charge is 0.235 e. The minimum Gasteiger partial charge on any atom is -0.331 e. The normalized spacial score (nSPS) is 11.5. The molecule has 12 heteroatoms. The Morgan fingerprint density at radius 2 is 1.86 bits per heavy atom. The number of thiocarbonyl (C=S) groups is 1. The van der Waals surface area contributed by atoms with E-state index in [-0.39, 0.29) is 23.5 Å². The van der Waals surface area contributed by atoms with Crippen molar-refractivity contribution in [3.05, 3.63) is 116 Å². The number of hydrogen-bond acceptors (Lipinski definition) is 5. The van der Waals surface area contributed by atoms with Gasteiger partial charge in [-0.15, -0.1) is 0 Å². The monoisotopic (exact) mass is 672 g/mol. The fourth-order valence-corrected chi connectivity index (χ4v) is 5.69. The summed E-state index contributed by atoms with van der Waals surface area (Å²) in [4.78, 5) is 19.9. The Morgan fingerprint density at radius 1 is 1.09 bits per heavy atom. The Bertz CT molecular complexity index is 1640. The number of nitrogens with zero attached hydrogens (tertiary/aromatic N) is 4. The van der Waals surface area contributed by atoms with Crippen molar-refractivity contribution in [3.8, 4) is 6.07 Å². The van der Waals surface area contributed by atoms with Crippen LogP contribution < -0.4 is 10.6 Å². The summed E-state index contributed by atoms with van der Waals surface area (Å²) in [6.07, 6.45) is 4.03. The molecule has 1 atom stereocenters. The number of amides is 1. The molecule has 1 amide bonds. The summed E-state index contributed by atoms with van der Waals surface area (Å²) in [7, 11) is 0. The van der Waals surface area contributed by atoms with Crippen molar-refractivity contribution in [2.75, 3.05) is 11.9 Å². The first-order chi connectivity index (χ1) is 20.7. The van der Waals surface area contributed by atoms with E-state index in [1.807, 2.05) is 35.8 Å². The number of nitriles is 1. The van der Waals surface area contributed by atoms with Gasteiger partial charge in [-0.2, -0.15) is 5.26 Å². The third kappa shape index (κ3) is 8.70. The average molecular weight is 674 g/mol. The molecule has 0 aliphatic carbocycles. The van der Waals surface area contributed by atoms with Crippen molar-refractivity contribution in [3.63, 3.8) is 0 Å². The van der Waals surface area contributed by atoms with Gasteiger partial charge in [0, 0.05) is 36.5 Å². The maximum atomic E-state index is 14.0. The third-order valence-corrected chi connectivity index (χ3v) is 8.50. The molecular weight excluding hydrogens is 646 g/mol. The van der Waals surface area contributed by atoms with Crippen molar-refractivity contribution in [1.82, 2.24) is 19.8 Å². The summed E-state index contributed by atoms with van der Waals surface area (Å²) < 4.78 is 1.91. The van der Waals surface area contributed by atoms with Gasteiger partial charge in [0.25, 0.3) is 0 Å². The summed E-state index contributed by atoms with van der Waals surface area (Å²) in [6, 6.07) is 19.6. The molecule has 0 aliphatic heterocycles. The Morgan fingerprint density at radius 3 is 2.56 bits per heavy atom. The van der Waals surface area contributed by atoms with Gasteiger partial charge < -0.3 is 15.2 Å². The number of benzene rings is 3. The van der Waals surface area contributed by atoms with E-state index in [1.165, 1.54) is 0 Å². The molecule has 0 unspecified atom stereocenters. The number of hydrogen-bond donors (Lipinski definition) is 2. The predicted octanol–water partition coefficient (Wildman–Crippen LogP) is 7.75. The summed E-state index contributed by atoms with van der Waals surface area (Å²) >= 11 is 30.8. The number of nitrogens with one attached hydrogen (secondary N) is 2. The number of aromatic nitrogens is 2. The highest BCUT2D eigenvalue weighted by Crippen LogP contribution is 2.27. The molecule has 0 saturated carbocycles. The van der Waals surface area contributed by atoms with E-state index in [4.69, 9.17) is 63.9 Å². The van der Waals surface area contributed by atoms with Gasteiger partial charge in [-0.1, -0.05) is 77.6 Å². The molecular formula is C31H28Cl4N6OS. The van der Waals surface area contributed by atoms with E-state index in [9.17, 15) is 4.79 Å². The van der Waals surface area contributed by atoms with Gasteiger partial charge in [-0.05, 0) is 66.2 Å². The van der Waals surface area contributed by atoms with Crippen LogP contribution in [-0.2, 0) is 24.3 Å². The molecule has 0 radical (unpaired) electrons. The van der Waals surface area contributed by atoms with Gasteiger partial charge in [0.2, 0.25) is 5.91 Å². The standard InChI is InChI=1S/C31H28Cl4N6OS/c1-2-24(16-37-15-22-4-3-5-26(33)30(22)35)41(31(43)39-28-11-10-23(32)12-27(28)34)29(42)13-25-17-38-19-40(25)18-21-8-6-20(14-36)7-9-21/h3-12,17,19,24,37H,2,13,15-16,18H2,1H3,(H,39,43)/t24-/m0/s1. The number of rotatable bonds is 11. The van der Waals surface area contributed by atoms with Gasteiger partial charge in [0.15, 0.2) is 5.11 Å². The van der Waals surface area contributed by atoms with Crippen LogP contribution in [0.25, 0.3) is 0 Å². The van der Waals surface area contributed by atoms with Gasteiger partial charge in [0.1, 0.15) is 0 Å². The Hall–Kier alpha value is -3.16. The number of carbonyl (C=O) groups excluding carboxylic acids is 1. The second kappa shape index (κ2) is 15.5. The molecule has 4 aromatic rings. The van der Waals surface area contributed by atoms with Gasteiger partial charge >= 0.3 is 0 Å². The van der Waals surface area contributed by atoms with Crippen LogP contribution in [0.5, 0.6) is 0 Å². The zero-order valence-electron chi connectivity index (χ0n) is 23.2. The van der Waals surface area contributed by atoms with E-state index in [1.54, 1.807) is 53.8 Å². The highest BCUT2D eigenvalue weighted by atomic mass is 35.5. The van der Waals surface area contributed by atoms with Crippen LogP contribution in [0.2, 0.25) is 20.1 Å². The summed E-state index contributed by atoms with van der Waals surface area (Å²) in [5.74, 6) is -0.210. The van der Waals surface area contributed by atoms with E-state index in [0.717, 1.165) is 16.8 Å². The second-order valence-electron chi connectivity index (χ2n) is 9.72. The number of imidazole rings is 1. The zero-order chi connectivity index (χ0) is 30.9. The van der Waals surface area contributed by atoms with Crippen LogP contribution in [0.1, 0.15) is 35.7 Å². The van der Waals surface area contributed by atoms with Crippen molar-refractivity contribution in [2.24, 2.45) is 0 Å². The van der Waals surface area contributed by atoms with Crippen LogP contribution in [0.4, 0.5) is 5.69 Å². The minimum atomic E-state index is -0.300. The largest absolute Gasteiger partial charge is 0.331 e. The fraction of sp³-hybridized carbons (Fsp3) is 0.226. The first-order valence-corrected chi connectivity index (χ1v) is 15.3. The lowest BCUT2D eigenvalue weighted by atomic mass is 10.1. The molecule has 0 aliphatic rings. The summed E-state index contributed by atoms with van der Waals surface area (Å²) in [5.41, 5.74) is 3.67. The second-order valence-corrected chi connectivity index (χ2v) is 11.7. The number of carbonyl (C=O) groups is 1. The molecule has 0 bridgehead atoms. The van der Waals surface area contributed by atoms with Crippen molar-refractivity contribution >= 4 is 75.3 Å². The zero-order valence-corrected chi connectivity index (χ0v) is 27.0. The SMILES string of the molecule is CC[C@@H](CNCc1cccc(Cl)c1Cl)N(C(=O)Cc1cncn1Cc1ccc(C#N)cc1)C(=S)Nc1ccc(Cl)cc1Cl. The molecule has 1 aromatic heterocycles. The Balaban J connectivity index is 1.55. The molecule has 43 heavy (non-hydrogen) atoms. The quantitative estimate of drug-likeness (QED) is 0.158. The molecule has 7 nitrogen and oxygen atoms in total. The van der Waals surface area contributed by atoms with E-state index in [2.05, 4.69) is 21.7 Å². The highest BCUT2D eigenvalue weighted by molar-refractivity contribution is 7.80. The third-order valence-electron chi connectivity index (χ3n) is 6.79. The summed E-state index contributed by atoms with van der Waals surface area (Å²) in [5, 5.41) is 17.7. The maximum absolute atomic E-state index is 14.0. The van der Waals surface area contributed by atoms with E-state index >= 15 is 0 Å². The topological polar surface area (TPSA) is 86.0 Å². The van der Waals surface area contributed by atoms with Gasteiger partial charge in [-0.25, -0.2) is 4.98 Å². The Labute approximate surface area is 276 Å². The van der Waals surface area contributed by atoms with E-state index < -0.39 is 0 Å². The maximum Gasteiger partial charge on any atom is 0.235 e.